The molecule has 5 heteroatoms. The van der Waals surface area contributed by atoms with Crippen LogP contribution in [0, 0.1) is 0 Å². The van der Waals surface area contributed by atoms with Gasteiger partial charge in [-0.1, -0.05) is 6.42 Å². The van der Waals surface area contributed by atoms with Gasteiger partial charge in [-0.25, -0.2) is 4.79 Å². The molecule has 1 rings (SSSR count). The summed E-state index contributed by atoms with van der Waals surface area (Å²) in [5.74, 6) is 0. The van der Waals surface area contributed by atoms with Gasteiger partial charge in [0, 0.05) is 25.2 Å². The van der Waals surface area contributed by atoms with Crippen LogP contribution in [0.3, 0.4) is 0 Å². The highest BCUT2D eigenvalue weighted by Crippen LogP contribution is 2.18. The molecule has 1 aliphatic heterocycles. The van der Waals surface area contributed by atoms with Gasteiger partial charge in [0.15, 0.2) is 0 Å². The molecule has 1 saturated heterocycles. The zero-order valence-corrected chi connectivity index (χ0v) is 14.4. The zero-order valence-electron chi connectivity index (χ0n) is 14.4. The van der Waals surface area contributed by atoms with E-state index < -0.39 is 5.60 Å². The topological polar surface area (TPSA) is 55.8 Å². The van der Waals surface area contributed by atoms with E-state index in [1.165, 1.54) is 19.3 Å². The number of nitrogens with one attached hydrogen (secondary N) is 1. The summed E-state index contributed by atoms with van der Waals surface area (Å²) in [4.78, 5) is 16.3. The van der Waals surface area contributed by atoms with Gasteiger partial charge in [-0.3, -0.25) is 4.90 Å². The molecule has 21 heavy (non-hydrogen) atoms. The second-order valence-corrected chi connectivity index (χ2v) is 6.94. The average Bonchev–Trinajstić information content (AvgIpc) is 2.41. The van der Waals surface area contributed by atoms with E-state index in [0.717, 1.165) is 6.54 Å². The van der Waals surface area contributed by atoms with E-state index in [-0.39, 0.29) is 6.03 Å². The number of rotatable bonds is 6. The number of hydrogen-bond donors (Lipinski definition) is 2. The maximum atomic E-state index is 12.2. The van der Waals surface area contributed by atoms with Gasteiger partial charge in [0.25, 0.3) is 0 Å². The van der Waals surface area contributed by atoms with Gasteiger partial charge < -0.3 is 15.3 Å². The van der Waals surface area contributed by atoms with Gasteiger partial charge in [-0.2, -0.15) is 0 Å². The third kappa shape index (κ3) is 6.22. The highest BCUT2D eigenvalue weighted by molar-refractivity contribution is 5.74. The van der Waals surface area contributed by atoms with E-state index in [9.17, 15) is 9.90 Å². The summed E-state index contributed by atoms with van der Waals surface area (Å²) in [7, 11) is 0. The molecule has 0 aliphatic carbocycles. The van der Waals surface area contributed by atoms with Crippen molar-refractivity contribution in [2.24, 2.45) is 0 Å². The van der Waals surface area contributed by atoms with Crippen molar-refractivity contribution in [3.8, 4) is 0 Å². The van der Waals surface area contributed by atoms with Crippen LogP contribution in [0.15, 0.2) is 0 Å². The lowest BCUT2D eigenvalue weighted by Gasteiger charge is -2.38. The number of likely N-dealkylation sites (N-methyl/N-ethyl adjacent to an activating group) is 1. The molecule has 2 amide bonds. The lowest BCUT2D eigenvalue weighted by molar-refractivity contribution is 0.0473. The summed E-state index contributed by atoms with van der Waals surface area (Å²) in [6, 6.07) is 0.866. The fourth-order valence-corrected chi connectivity index (χ4v) is 3.03. The Bertz CT molecular complexity index is 328. The van der Waals surface area contributed by atoms with Gasteiger partial charge in [0.2, 0.25) is 0 Å². The minimum Gasteiger partial charge on any atom is -0.389 e. The number of piperidine rings is 1. The number of carbonyl (C=O) groups is 1. The van der Waals surface area contributed by atoms with Crippen LogP contribution in [0.2, 0.25) is 0 Å². The molecule has 2 N–H and O–H groups in total. The second-order valence-electron chi connectivity index (χ2n) is 6.94. The van der Waals surface area contributed by atoms with Crippen LogP contribution in [0.5, 0.6) is 0 Å². The monoisotopic (exact) mass is 299 g/mol. The van der Waals surface area contributed by atoms with Crippen LogP contribution in [-0.4, -0.2) is 64.8 Å². The van der Waals surface area contributed by atoms with E-state index in [1.54, 1.807) is 18.7 Å². The Morgan fingerprint density at radius 2 is 2.14 bits per heavy atom. The molecule has 1 fully saturated rings. The van der Waals surface area contributed by atoms with Crippen LogP contribution in [0.4, 0.5) is 4.79 Å². The van der Waals surface area contributed by atoms with E-state index in [0.29, 0.717) is 31.7 Å². The van der Waals surface area contributed by atoms with Crippen molar-refractivity contribution in [2.45, 2.75) is 71.6 Å². The molecule has 1 aliphatic rings. The number of urea groups is 1. The average molecular weight is 299 g/mol. The van der Waals surface area contributed by atoms with Gasteiger partial charge in [0.05, 0.1) is 12.1 Å². The molecular formula is C16H33N3O2. The molecule has 2 unspecified atom stereocenters. The molecule has 0 aromatic rings. The molecule has 2 atom stereocenters. The fraction of sp³-hybridized carbons (Fsp3) is 0.938. The number of hydrogen-bond acceptors (Lipinski definition) is 3. The number of carbonyl (C=O) groups excluding carboxylic acids is 1. The van der Waals surface area contributed by atoms with E-state index in [2.05, 4.69) is 24.1 Å². The van der Waals surface area contributed by atoms with Crippen molar-refractivity contribution < 1.29 is 9.90 Å². The molecule has 124 valence electrons. The lowest BCUT2D eigenvalue weighted by atomic mass is 10.0. The van der Waals surface area contributed by atoms with Crippen molar-refractivity contribution in [1.82, 2.24) is 15.1 Å². The molecule has 0 spiro atoms. The number of likely N-dealkylation sites (tertiary alicyclic amines) is 1. The van der Waals surface area contributed by atoms with Crippen molar-refractivity contribution in [3.63, 3.8) is 0 Å². The third-order valence-electron chi connectivity index (χ3n) is 4.22. The maximum Gasteiger partial charge on any atom is 0.317 e. The van der Waals surface area contributed by atoms with Gasteiger partial charge in [0.1, 0.15) is 0 Å². The Balaban J connectivity index is 2.43. The first-order chi connectivity index (χ1) is 9.74. The van der Waals surface area contributed by atoms with Gasteiger partial charge >= 0.3 is 6.03 Å². The van der Waals surface area contributed by atoms with Crippen molar-refractivity contribution in [2.75, 3.05) is 26.2 Å². The largest absolute Gasteiger partial charge is 0.389 e. The molecule has 0 saturated carbocycles. The summed E-state index contributed by atoms with van der Waals surface area (Å²) < 4.78 is 0. The molecular weight excluding hydrogens is 266 g/mol. The van der Waals surface area contributed by atoms with E-state index in [4.69, 9.17) is 0 Å². The fourth-order valence-electron chi connectivity index (χ4n) is 3.03. The van der Waals surface area contributed by atoms with Crippen LogP contribution >= 0.6 is 0 Å². The summed E-state index contributed by atoms with van der Waals surface area (Å²) in [6.07, 6.45) is 3.81. The third-order valence-corrected chi connectivity index (χ3v) is 4.22. The van der Waals surface area contributed by atoms with Crippen molar-refractivity contribution in [3.05, 3.63) is 0 Å². The smallest absolute Gasteiger partial charge is 0.317 e. The Labute approximate surface area is 129 Å². The Morgan fingerprint density at radius 3 is 2.67 bits per heavy atom. The van der Waals surface area contributed by atoms with Gasteiger partial charge in [-0.05, 0) is 54.0 Å². The van der Waals surface area contributed by atoms with E-state index in [1.807, 2.05) is 6.92 Å². The first-order valence-corrected chi connectivity index (χ1v) is 8.25. The first-order valence-electron chi connectivity index (χ1n) is 8.25. The Hall–Kier alpha value is -0.810. The summed E-state index contributed by atoms with van der Waals surface area (Å²) >= 11 is 0. The minimum absolute atomic E-state index is 0.0869. The summed E-state index contributed by atoms with van der Waals surface area (Å²) in [5.41, 5.74) is -0.861. The molecule has 0 radical (unpaired) electrons. The van der Waals surface area contributed by atoms with Gasteiger partial charge in [-0.15, -0.1) is 0 Å². The zero-order chi connectivity index (χ0) is 16.0. The van der Waals surface area contributed by atoms with E-state index >= 15 is 0 Å². The molecule has 0 aromatic carbocycles. The standard InChI is InChI=1S/C16H33N3O2/c1-6-18(12-16(4,5)21)15(20)17-11-14(3)19-10-8-7-9-13(19)2/h13-14,21H,6-12H2,1-5H3,(H,17,20). The number of nitrogens with zero attached hydrogens (tertiary/aromatic N) is 2. The number of amides is 2. The SMILES string of the molecule is CCN(CC(C)(C)O)C(=O)NCC(C)N1CCCCC1C. The Morgan fingerprint density at radius 1 is 1.48 bits per heavy atom. The molecule has 5 nitrogen and oxygen atoms in total. The molecule has 1 heterocycles. The Kier molecular flexibility index (Phi) is 6.94. The lowest BCUT2D eigenvalue weighted by Crippen LogP contribution is -2.52. The maximum absolute atomic E-state index is 12.2. The first kappa shape index (κ1) is 18.2. The van der Waals surface area contributed by atoms with Crippen molar-refractivity contribution >= 4 is 6.03 Å². The predicted molar refractivity (Wildman–Crippen MR) is 86.4 cm³/mol. The van der Waals surface area contributed by atoms with Crippen molar-refractivity contribution in [1.29, 1.82) is 0 Å². The summed E-state index contributed by atoms with van der Waals surface area (Å²) in [5, 5.41) is 12.9. The number of aliphatic hydroxyl groups is 1. The van der Waals surface area contributed by atoms with Crippen LogP contribution in [0.25, 0.3) is 0 Å². The van der Waals surface area contributed by atoms with Crippen LogP contribution < -0.4 is 5.32 Å². The summed E-state index contributed by atoms with van der Waals surface area (Å²) in [6.45, 7) is 12.6. The second kappa shape index (κ2) is 7.99. The normalized spacial score (nSPS) is 21.9. The van der Waals surface area contributed by atoms with Crippen LogP contribution in [0.1, 0.15) is 53.9 Å². The van der Waals surface area contributed by atoms with Crippen LogP contribution in [-0.2, 0) is 0 Å². The quantitative estimate of drug-likeness (QED) is 0.789. The minimum atomic E-state index is -0.861. The predicted octanol–water partition coefficient (Wildman–Crippen LogP) is 2.05. The highest BCUT2D eigenvalue weighted by atomic mass is 16.3. The highest BCUT2D eigenvalue weighted by Gasteiger charge is 2.25. The molecule has 0 aromatic heterocycles. The molecule has 0 bridgehead atoms.